The van der Waals surface area contributed by atoms with Crippen LogP contribution in [-0.4, -0.2) is 14.2 Å². The average molecular weight is 705 g/mol. The van der Waals surface area contributed by atoms with Crippen LogP contribution in [0.4, 0.5) is 34.1 Å². The van der Waals surface area contributed by atoms with Crippen LogP contribution in [0.1, 0.15) is 33.4 Å². The second kappa shape index (κ2) is 16.7. The molecule has 0 N–H and O–H groups in total. The van der Waals surface area contributed by atoms with E-state index in [9.17, 15) is 0 Å². The lowest BCUT2D eigenvalue weighted by Crippen LogP contribution is -2.09. The van der Waals surface area contributed by atoms with Crippen molar-refractivity contribution in [2.45, 2.75) is 13.8 Å². The largest absolute Gasteiger partial charge is 0.497 e. The molecular weight excluding hydrogens is 661 g/mol. The van der Waals surface area contributed by atoms with Gasteiger partial charge in [0.2, 0.25) is 0 Å². The van der Waals surface area contributed by atoms with Crippen molar-refractivity contribution in [1.82, 2.24) is 0 Å². The number of rotatable bonds is 12. The SMILES string of the molecule is COc1cc(C=Cc2ccc(N(c3ccccc3)c3cccc(C)c3)cc2)c(OC)c(C=Cc2ccc(N(c3ccccc3)c3cccc(C)c3)cc2)c1. The number of benzene rings is 7. The molecule has 0 saturated heterocycles. The van der Waals surface area contributed by atoms with E-state index in [1.807, 2.05) is 24.3 Å². The minimum absolute atomic E-state index is 0.758. The van der Waals surface area contributed by atoms with Crippen molar-refractivity contribution in [3.63, 3.8) is 0 Å². The molecule has 0 aliphatic heterocycles. The Labute approximate surface area is 319 Å². The van der Waals surface area contributed by atoms with Crippen molar-refractivity contribution >= 4 is 58.4 Å². The highest BCUT2D eigenvalue weighted by Crippen LogP contribution is 2.37. The highest BCUT2D eigenvalue weighted by molar-refractivity contribution is 5.83. The quantitative estimate of drug-likeness (QED) is 0.118. The highest BCUT2D eigenvalue weighted by atomic mass is 16.5. The van der Waals surface area contributed by atoms with E-state index in [2.05, 4.69) is 194 Å². The van der Waals surface area contributed by atoms with Gasteiger partial charge in [-0.2, -0.15) is 0 Å². The second-order valence-corrected chi connectivity index (χ2v) is 13.2. The molecule has 0 bridgehead atoms. The molecule has 0 heterocycles. The van der Waals surface area contributed by atoms with Crippen molar-refractivity contribution in [2.75, 3.05) is 24.0 Å². The highest BCUT2D eigenvalue weighted by Gasteiger charge is 2.14. The summed E-state index contributed by atoms with van der Waals surface area (Å²) in [6.45, 7) is 4.25. The Hall–Kier alpha value is -6.78. The lowest BCUT2D eigenvalue weighted by molar-refractivity contribution is 0.401. The topological polar surface area (TPSA) is 24.9 Å². The first-order chi connectivity index (χ1) is 26.5. The third-order valence-corrected chi connectivity index (χ3v) is 9.32. The molecule has 266 valence electrons. The molecule has 0 amide bonds. The summed E-state index contributed by atoms with van der Waals surface area (Å²) < 4.78 is 11.7. The molecule has 4 nitrogen and oxygen atoms in total. The summed E-state index contributed by atoms with van der Waals surface area (Å²) in [7, 11) is 3.41. The van der Waals surface area contributed by atoms with Crippen LogP contribution in [0, 0.1) is 13.8 Å². The van der Waals surface area contributed by atoms with Gasteiger partial charge in [-0.05, 0) is 121 Å². The molecule has 0 atom stereocenters. The van der Waals surface area contributed by atoms with Gasteiger partial charge in [0.25, 0.3) is 0 Å². The van der Waals surface area contributed by atoms with Crippen molar-refractivity contribution in [1.29, 1.82) is 0 Å². The minimum Gasteiger partial charge on any atom is -0.497 e. The Morgan fingerprint density at radius 1 is 0.370 bits per heavy atom. The number of anilines is 6. The summed E-state index contributed by atoms with van der Waals surface area (Å²) in [6.07, 6.45) is 8.39. The number of hydrogen-bond donors (Lipinski definition) is 0. The van der Waals surface area contributed by atoms with E-state index in [4.69, 9.17) is 9.47 Å². The fraction of sp³-hybridized carbons (Fsp3) is 0.0800. The lowest BCUT2D eigenvalue weighted by Gasteiger charge is -2.25. The molecule has 7 aromatic rings. The van der Waals surface area contributed by atoms with Gasteiger partial charge in [-0.3, -0.25) is 0 Å². The molecule has 0 saturated carbocycles. The first-order valence-electron chi connectivity index (χ1n) is 18.1. The molecule has 54 heavy (non-hydrogen) atoms. The van der Waals surface area contributed by atoms with Gasteiger partial charge in [-0.15, -0.1) is 0 Å². The van der Waals surface area contributed by atoms with Crippen LogP contribution >= 0.6 is 0 Å². The standard InChI is InChI=1S/C50H44N2O2/c1-37-13-11-19-47(33-37)51(43-15-7-5-8-16-43)45-29-23-39(24-30-45)21-27-41-35-49(53-3)36-42(50(41)54-4)28-22-40-25-31-46(32-26-40)52(44-17-9-6-10-18-44)48-20-12-14-38(2)34-48/h5-36H,1-4H3. The monoisotopic (exact) mass is 704 g/mol. The predicted molar refractivity (Wildman–Crippen MR) is 229 cm³/mol. The molecule has 0 aliphatic carbocycles. The molecule has 0 spiro atoms. The summed E-state index contributed by atoms with van der Waals surface area (Å²) >= 11 is 0. The van der Waals surface area contributed by atoms with E-state index in [0.29, 0.717) is 0 Å². The van der Waals surface area contributed by atoms with E-state index < -0.39 is 0 Å². The zero-order chi connectivity index (χ0) is 37.3. The van der Waals surface area contributed by atoms with Crippen LogP contribution in [0.2, 0.25) is 0 Å². The second-order valence-electron chi connectivity index (χ2n) is 13.2. The van der Waals surface area contributed by atoms with Crippen molar-refractivity contribution in [2.24, 2.45) is 0 Å². The fourth-order valence-electron chi connectivity index (χ4n) is 6.67. The zero-order valence-corrected chi connectivity index (χ0v) is 31.2. The van der Waals surface area contributed by atoms with Gasteiger partial charge in [-0.1, -0.05) is 109 Å². The molecule has 0 fully saturated rings. The normalized spacial score (nSPS) is 11.2. The van der Waals surface area contributed by atoms with Gasteiger partial charge in [0.1, 0.15) is 11.5 Å². The predicted octanol–water partition coefficient (Wildman–Crippen LogP) is 13.6. The van der Waals surface area contributed by atoms with E-state index in [-0.39, 0.29) is 0 Å². The number of hydrogen-bond acceptors (Lipinski definition) is 4. The Morgan fingerprint density at radius 2 is 0.759 bits per heavy atom. The van der Waals surface area contributed by atoms with Crippen LogP contribution < -0.4 is 19.3 Å². The zero-order valence-electron chi connectivity index (χ0n) is 31.2. The average Bonchev–Trinajstić information content (AvgIpc) is 3.21. The van der Waals surface area contributed by atoms with Crippen LogP contribution in [0.5, 0.6) is 11.5 Å². The van der Waals surface area contributed by atoms with Crippen molar-refractivity contribution < 1.29 is 9.47 Å². The Kier molecular flexibility index (Phi) is 11.0. The first kappa shape index (κ1) is 35.6. The number of nitrogens with zero attached hydrogens (tertiary/aromatic N) is 2. The van der Waals surface area contributed by atoms with E-state index in [0.717, 1.165) is 67.9 Å². The van der Waals surface area contributed by atoms with Crippen molar-refractivity contribution in [3.8, 4) is 11.5 Å². The Balaban J connectivity index is 1.14. The molecule has 0 aliphatic rings. The molecule has 4 heteroatoms. The lowest BCUT2D eigenvalue weighted by atomic mass is 10.0. The van der Waals surface area contributed by atoms with E-state index in [1.165, 1.54) is 11.1 Å². The van der Waals surface area contributed by atoms with Crippen LogP contribution in [0.15, 0.2) is 170 Å². The number of ether oxygens (including phenoxy) is 2. The summed E-state index contributed by atoms with van der Waals surface area (Å²) in [5.74, 6) is 1.54. The Bertz CT molecular complexity index is 2200. The van der Waals surface area contributed by atoms with Gasteiger partial charge in [0, 0.05) is 45.3 Å². The first-order valence-corrected chi connectivity index (χ1v) is 18.1. The maximum absolute atomic E-state index is 6.00. The maximum Gasteiger partial charge on any atom is 0.133 e. The molecule has 0 radical (unpaired) electrons. The maximum atomic E-state index is 6.00. The smallest absolute Gasteiger partial charge is 0.133 e. The van der Waals surface area contributed by atoms with E-state index >= 15 is 0 Å². The molecule has 7 aromatic carbocycles. The van der Waals surface area contributed by atoms with Gasteiger partial charge in [0.05, 0.1) is 14.2 Å². The van der Waals surface area contributed by atoms with Gasteiger partial charge in [0.15, 0.2) is 0 Å². The van der Waals surface area contributed by atoms with Gasteiger partial charge < -0.3 is 19.3 Å². The third-order valence-electron chi connectivity index (χ3n) is 9.32. The molecule has 0 aromatic heterocycles. The summed E-state index contributed by atoms with van der Waals surface area (Å²) in [6, 6.07) is 59.4. The van der Waals surface area contributed by atoms with Gasteiger partial charge in [-0.25, -0.2) is 0 Å². The van der Waals surface area contributed by atoms with E-state index in [1.54, 1.807) is 14.2 Å². The van der Waals surface area contributed by atoms with Crippen LogP contribution in [0.3, 0.4) is 0 Å². The minimum atomic E-state index is 0.758. The summed E-state index contributed by atoms with van der Waals surface area (Å²) in [4.78, 5) is 4.56. The Morgan fingerprint density at radius 3 is 1.13 bits per heavy atom. The molecular formula is C50H44N2O2. The molecule has 0 unspecified atom stereocenters. The fourth-order valence-corrected chi connectivity index (χ4v) is 6.67. The number of aryl methyl sites for hydroxylation is 2. The number of para-hydroxylation sites is 2. The molecule has 7 rings (SSSR count). The summed E-state index contributed by atoms with van der Waals surface area (Å²) in [5.41, 5.74) is 13.1. The van der Waals surface area contributed by atoms with Crippen LogP contribution in [0.25, 0.3) is 24.3 Å². The summed E-state index contributed by atoms with van der Waals surface area (Å²) in [5, 5.41) is 0. The van der Waals surface area contributed by atoms with Gasteiger partial charge >= 0.3 is 0 Å². The number of methoxy groups -OCH3 is 2. The van der Waals surface area contributed by atoms with Crippen molar-refractivity contribution in [3.05, 3.63) is 203 Å². The van der Waals surface area contributed by atoms with Crippen LogP contribution in [-0.2, 0) is 0 Å². The third kappa shape index (κ3) is 8.30.